The topological polar surface area (TPSA) is 17.1 Å². The smallest absolute Gasteiger partial charge is 0 e. The van der Waals surface area contributed by atoms with Gasteiger partial charge in [-0.15, -0.1) is 0 Å². The first-order valence-corrected chi connectivity index (χ1v) is 2.74. The van der Waals surface area contributed by atoms with Gasteiger partial charge >= 0.3 is 40.1 Å². The van der Waals surface area contributed by atoms with Gasteiger partial charge in [0.2, 0.25) is 0 Å². The van der Waals surface area contributed by atoms with E-state index in [2.05, 4.69) is 6.58 Å². The SMILES string of the molecule is C=C[C](=O)[Zn].[Mg].[Zn]. The zero-order valence-corrected chi connectivity index (χ0v) is 11.7. The van der Waals surface area contributed by atoms with Crippen LogP contribution in [0.25, 0.3) is 0 Å². The molecule has 2 radical (unpaired) electrons. The van der Waals surface area contributed by atoms with E-state index in [9.17, 15) is 4.79 Å². The number of allylic oxidation sites excluding steroid dienone is 1. The molecule has 0 aliphatic heterocycles. The van der Waals surface area contributed by atoms with Crippen LogP contribution in [0, 0.1) is 0 Å². The largest absolute Gasteiger partial charge is 0 e. The number of hydrogen-bond donors (Lipinski definition) is 0. The van der Waals surface area contributed by atoms with E-state index in [-0.39, 0.29) is 46.9 Å². The van der Waals surface area contributed by atoms with Crippen molar-refractivity contribution in [3.63, 3.8) is 0 Å². The molecule has 0 heterocycles. The van der Waals surface area contributed by atoms with Crippen molar-refractivity contribution in [1.29, 1.82) is 0 Å². The van der Waals surface area contributed by atoms with E-state index in [0.29, 0.717) is 18.3 Å². The third-order valence-electron chi connectivity index (χ3n) is 0.228. The number of hydrogen-bond acceptors (Lipinski definition) is 1. The molecule has 1 nitrogen and oxygen atoms in total. The minimum Gasteiger partial charge on any atom is 0 e. The van der Waals surface area contributed by atoms with Crippen molar-refractivity contribution < 1.29 is 42.6 Å². The van der Waals surface area contributed by atoms with Gasteiger partial charge in [0, 0.05) is 42.5 Å². The average Bonchev–Trinajstić information content (AvgIpc) is 1.38. The first-order valence-electron chi connectivity index (χ1n) is 1.25. The first kappa shape index (κ1) is 15.8. The van der Waals surface area contributed by atoms with Crippen LogP contribution in [-0.2, 0) is 42.6 Å². The number of carbonyl (C=O) groups is 1. The van der Waals surface area contributed by atoms with Gasteiger partial charge in [0.15, 0.2) is 0 Å². The maximum absolute atomic E-state index is 9.75. The van der Waals surface area contributed by atoms with Crippen LogP contribution in [-0.4, -0.2) is 27.4 Å². The Morgan fingerprint density at radius 2 is 1.86 bits per heavy atom. The van der Waals surface area contributed by atoms with Crippen molar-refractivity contribution in [3.05, 3.63) is 12.7 Å². The second-order valence-electron chi connectivity index (χ2n) is 0.670. The summed E-state index contributed by atoms with van der Waals surface area (Å²) in [6.45, 7) is 3.24. The molecule has 0 unspecified atom stereocenters. The van der Waals surface area contributed by atoms with E-state index < -0.39 is 0 Å². The van der Waals surface area contributed by atoms with Gasteiger partial charge < -0.3 is 0 Å². The molecular weight excluding hydrogens is 207 g/mol. The second kappa shape index (κ2) is 10.4. The van der Waals surface area contributed by atoms with Crippen molar-refractivity contribution in [2.24, 2.45) is 0 Å². The Morgan fingerprint density at radius 1 is 1.71 bits per heavy atom. The van der Waals surface area contributed by atoms with Crippen molar-refractivity contribution in [3.8, 4) is 0 Å². The van der Waals surface area contributed by atoms with E-state index in [4.69, 9.17) is 0 Å². The summed E-state index contributed by atoms with van der Waals surface area (Å²) >= 11 is 0.698. The van der Waals surface area contributed by atoms with E-state index in [1.165, 1.54) is 6.08 Å². The van der Waals surface area contributed by atoms with Gasteiger partial charge in [-0.1, -0.05) is 0 Å². The van der Waals surface area contributed by atoms with Crippen LogP contribution in [0.5, 0.6) is 0 Å². The average molecular weight is 210 g/mol. The fraction of sp³-hybridized carbons (Fsp3) is 0. The molecule has 0 fully saturated rings. The molecule has 0 aliphatic carbocycles. The molecule has 0 atom stereocenters. The summed E-state index contributed by atoms with van der Waals surface area (Å²) in [5.41, 5.74) is 0. The van der Waals surface area contributed by atoms with E-state index in [0.717, 1.165) is 0 Å². The molecule has 0 aromatic rings. The second-order valence-corrected chi connectivity index (χ2v) is 2.13. The number of carbonyl (C=O) groups excluding carboxylic acids is 1. The molecule has 4 heteroatoms. The van der Waals surface area contributed by atoms with Crippen LogP contribution in [0.2, 0.25) is 0 Å². The zero-order valence-electron chi connectivity index (χ0n) is 4.31. The summed E-state index contributed by atoms with van der Waals surface area (Å²) in [7, 11) is 0. The molecule has 0 aromatic carbocycles. The summed E-state index contributed by atoms with van der Waals surface area (Å²) in [5, 5.41) is 0. The van der Waals surface area contributed by atoms with Gasteiger partial charge in [-0.05, 0) is 0 Å². The van der Waals surface area contributed by atoms with Gasteiger partial charge in [0.05, 0.1) is 0 Å². The van der Waals surface area contributed by atoms with Gasteiger partial charge in [-0.3, -0.25) is 0 Å². The molecule has 0 rings (SSSR count). The van der Waals surface area contributed by atoms with Crippen molar-refractivity contribution in [2.75, 3.05) is 0 Å². The summed E-state index contributed by atoms with van der Waals surface area (Å²) in [6.07, 6.45) is 1.33. The molecule has 0 bridgehead atoms. The number of rotatable bonds is 1. The Hall–Kier alpha value is 1.42. The van der Waals surface area contributed by atoms with E-state index in [1.54, 1.807) is 0 Å². The molecule has 0 aliphatic rings. The van der Waals surface area contributed by atoms with Gasteiger partial charge in [-0.2, -0.15) is 0 Å². The van der Waals surface area contributed by atoms with Crippen LogP contribution in [0.1, 0.15) is 0 Å². The Morgan fingerprint density at radius 3 is 1.86 bits per heavy atom. The predicted molar refractivity (Wildman–Crippen MR) is 21.0 cm³/mol. The maximum atomic E-state index is 9.75. The minimum absolute atomic E-state index is 0. The summed E-state index contributed by atoms with van der Waals surface area (Å²) < 4.78 is 0.144. The Bertz CT molecular complexity index is 64.0. The zero-order chi connectivity index (χ0) is 4.28. The van der Waals surface area contributed by atoms with Crippen LogP contribution in [0.4, 0.5) is 0 Å². The van der Waals surface area contributed by atoms with Gasteiger partial charge in [0.25, 0.3) is 0 Å². The Balaban J connectivity index is -0.0000000800. The molecular formula is C3H3MgOZn2. The minimum atomic E-state index is 0. The Labute approximate surface area is 81.9 Å². The fourth-order valence-electron chi connectivity index (χ4n) is 0. The predicted octanol–water partition coefficient (Wildman–Crippen LogP) is -0.137. The first-order chi connectivity index (χ1) is 2.27. The molecule has 0 aromatic heterocycles. The van der Waals surface area contributed by atoms with E-state index >= 15 is 0 Å². The van der Waals surface area contributed by atoms with Crippen LogP contribution < -0.4 is 0 Å². The fourth-order valence-corrected chi connectivity index (χ4v) is 0. The monoisotopic (exact) mass is 207 g/mol. The third-order valence-corrected chi connectivity index (χ3v) is 0.833. The van der Waals surface area contributed by atoms with Crippen LogP contribution >= 0.6 is 0 Å². The summed E-state index contributed by atoms with van der Waals surface area (Å²) in [6, 6.07) is 0. The standard InChI is InChI=1S/C3H3O.Mg.2Zn/c1-2-3-4;;;/h2H,1H2;;;. The molecule has 0 saturated carbocycles. The third kappa shape index (κ3) is 18.6. The quantitative estimate of drug-likeness (QED) is 0.435. The summed E-state index contributed by atoms with van der Waals surface area (Å²) in [5.74, 6) is 0. The van der Waals surface area contributed by atoms with Crippen molar-refractivity contribution in [1.82, 2.24) is 0 Å². The van der Waals surface area contributed by atoms with E-state index in [1.807, 2.05) is 0 Å². The Kier molecular flexibility index (Phi) is 23.5. The van der Waals surface area contributed by atoms with Crippen molar-refractivity contribution in [2.45, 2.75) is 0 Å². The molecule has 0 saturated heterocycles. The molecule has 7 heavy (non-hydrogen) atoms. The van der Waals surface area contributed by atoms with Gasteiger partial charge in [0.1, 0.15) is 0 Å². The van der Waals surface area contributed by atoms with Crippen molar-refractivity contribution >= 4 is 27.4 Å². The molecule has 27 valence electrons. The normalized spacial score (nSPS) is 4.86. The summed E-state index contributed by atoms with van der Waals surface area (Å²) in [4.78, 5) is 9.75. The van der Waals surface area contributed by atoms with Crippen LogP contribution in [0.3, 0.4) is 0 Å². The maximum Gasteiger partial charge on any atom is 0 e. The molecule has 0 spiro atoms. The van der Waals surface area contributed by atoms with Crippen LogP contribution in [0.15, 0.2) is 12.7 Å². The van der Waals surface area contributed by atoms with Gasteiger partial charge in [-0.25, -0.2) is 0 Å². The molecule has 0 amide bonds. The molecule has 0 N–H and O–H groups in total.